The van der Waals surface area contributed by atoms with Gasteiger partial charge in [0, 0.05) is 11.2 Å². The second kappa shape index (κ2) is 7.27. The van der Waals surface area contributed by atoms with Crippen molar-refractivity contribution in [1.82, 2.24) is 0 Å². The molecule has 0 saturated heterocycles. The van der Waals surface area contributed by atoms with Gasteiger partial charge in [0.25, 0.3) is 0 Å². The molecule has 0 unspecified atom stereocenters. The van der Waals surface area contributed by atoms with Crippen LogP contribution in [0.4, 0.5) is 14.5 Å². The van der Waals surface area contributed by atoms with E-state index in [-0.39, 0.29) is 22.0 Å². The summed E-state index contributed by atoms with van der Waals surface area (Å²) >= 11 is 5.77. The number of allylic oxidation sites excluding steroid dienone is 2. The highest BCUT2D eigenvalue weighted by molar-refractivity contribution is 6.30. The van der Waals surface area contributed by atoms with Gasteiger partial charge in [-0.2, -0.15) is 0 Å². The average Bonchev–Trinajstić information content (AvgIpc) is 2.79. The summed E-state index contributed by atoms with van der Waals surface area (Å²) in [6.45, 7) is 0. The van der Waals surface area contributed by atoms with E-state index in [9.17, 15) is 18.4 Å². The fourth-order valence-corrected chi connectivity index (χ4v) is 2.27. The van der Waals surface area contributed by atoms with Crippen LogP contribution in [0.5, 0.6) is 0 Å². The van der Waals surface area contributed by atoms with Crippen LogP contribution in [-0.2, 0) is 19.1 Å². The number of hydrogen-bond acceptors (Lipinski definition) is 5. The molecule has 1 heterocycles. The molecule has 1 aromatic carbocycles. The Morgan fingerprint density at radius 1 is 1.08 bits per heavy atom. The van der Waals surface area contributed by atoms with E-state index in [1.54, 1.807) is 0 Å². The molecule has 1 aromatic rings. The topological polar surface area (TPSA) is 55.8 Å². The number of carbonyl (C=O) groups excluding carboxylic acids is 2. The molecule has 1 aliphatic heterocycles. The predicted octanol–water partition coefficient (Wildman–Crippen LogP) is 3.11. The first-order chi connectivity index (χ1) is 11.4. The van der Waals surface area contributed by atoms with E-state index in [1.165, 1.54) is 24.4 Å². The van der Waals surface area contributed by atoms with E-state index in [4.69, 9.17) is 11.6 Å². The highest BCUT2D eigenvalue weighted by Crippen LogP contribution is 2.32. The van der Waals surface area contributed by atoms with Gasteiger partial charge in [0.15, 0.2) is 11.6 Å². The SMILES string of the molecule is COC(=O)C1=C(C(=O)OC)N(c2cc(Cl)cc(F)c2F)C=CC=C1. The van der Waals surface area contributed by atoms with E-state index >= 15 is 0 Å². The third-order valence-electron chi connectivity index (χ3n) is 3.12. The molecule has 5 nitrogen and oxygen atoms in total. The van der Waals surface area contributed by atoms with Crippen molar-refractivity contribution in [3.05, 3.63) is 64.5 Å². The molecule has 2 rings (SSSR count). The summed E-state index contributed by atoms with van der Waals surface area (Å²) in [5, 5.41) is -0.0849. The maximum atomic E-state index is 14.2. The zero-order valence-corrected chi connectivity index (χ0v) is 13.4. The molecule has 0 spiro atoms. The number of halogens is 3. The van der Waals surface area contributed by atoms with Gasteiger partial charge in [-0.05, 0) is 24.3 Å². The first-order valence-electron chi connectivity index (χ1n) is 6.60. The smallest absolute Gasteiger partial charge is 0.355 e. The van der Waals surface area contributed by atoms with E-state index in [0.29, 0.717) is 0 Å². The van der Waals surface area contributed by atoms with Crippen LogP contribution in [0.1, 0.15) is 0 Å². The molecule has 126 valence electrons. The summed E-state index contributed by atoms with van der Waals surface area (Å²) in [5.41, 5.74) is -0.884. The van der Waals surface area contributed by atoms with Gasteiger partial charge >= 0.3 is 11.9 Å². The van der Waals surface area contributed by atoms with Gasteiger partial charge < -0.3 is 14.4 Å². The summed E-state index contributed by atoms with van der Waals surface area (Å²) in [7, 11) is 2.22. The first-order valence-corrected chi connectivity index (χ1v) is 6.98. The third kappa shape index (κ3) is 3.30. The van der Waals surface area contributed by atoms with Crippen molar-refractivity contribution in [2.75, 3.05) is 19.1 Å². The Kier molecular flexibility index (Phi) is 5.35. The highest BCUT2D eigenvalue weighted by atomic mass is 35.5. The number of ether oxygens (including phenoxy) is 2. The lowest BCUT2D eigenvalue weighted by molar-refractivity contribution is -0.139. The maximum Gasteiger partial charge on any atom is 0.355 e. The van der Waals surface area contributed by atoms with Crippen LogP contribution >= 0.6 is 11.6 Å². The molecule has 0 atom stereocenters. The second-order valence-electron chi connectivity index (χ2n) is 4.54. The molecular weight excluding hydrogens is 344 g/mol. The molecule has 0 bridgehead atoms. The minimum Gasteiger partial charge on any atom is -0.465 e. The third-order valence-corrected chi connectivity index (χ3v) is 3.34. The fourth-order valence-electron chi connectivity index (χ4n) is 2.07. The minimum atomic E-state index is -1.24. The molecule has 1 aliphatic rings. The van der Waals surface area contributed by atoms with Crippen molar-refractivity contribution in [2.45, 2.75) is 0 Å². The van der Waals surface area contributed by atoms with E-state index in [1.807, 2.05) is 0 Å². The summed E-state index contributed by atoms with van der Waals surface area (Å²) in [5.74, 6) is -4.22. The molecule has 8 heteroatoms. The molecule has 0 amide bonds. The monoisotopic (exact) mass is 355 g/mol. The lowest BCUT2D eigenvalue weighted by Gasteiger charge is -2.23. The Morgan fingerprint density at radius 2 is 1.75 bits per heavy atom. The van der Waals surface area contributed by atoms with Crippen molar-refractivity contribution < 1.29 is 27.8 Å². The Labute approximate surface area is 141 Å². The van der Waals surface area contributed by atoms with Crippen LogP contribution in [0.25, 0.3) is 0 Å². The van der Waals surface area contributed by atoms with Crippen molar-refractivity contribution in [1.29, 1.82) is 0 Å². The van der Waals surface area contributed by atoms with Crippen LogP contribution in [-0.4, -0.2) is 26.2 Å². The van der Waals surface area contributed by atoms with Crippen LogP contribution in [0.2, 0.25) is 5.02 Å². The predicted molar refractivity (Wildman–Crippen MR) is 83.2 cm³/mol. The van der Waals surface area contributed by atoms with E-state index in [0.717, 1.165) is 31.3 Å². The second-order valence-corrected chi connectivity index (χ2v) is 4.97. The van der Waals surface area contributed by atoms with Crippen molar-refractivity contribution in [3.8, 4) is 0 Å². The maximum absolute atomic E-state index is 14.2. The summed E-state index contributed by atoms with van der Waals surface area (Å²) in [6, 6.07) is 1.91. The Morgan fingerprint density at radius 3 is 2.38 bits per heavy atom. The van der Waals surface area contributed by atoms with Crippen LogP contribution in [0.3, 0.4) is 0 Å². The lowest BCUT2D eigenvalue weighted by atomic mass is 10.1. The standard InChI is InChI=1S/C16H12ClF2NO4/c1-23-15(21)10-5-3-4-6-20(14(10)16(22)24-2)12-8-9(17)7-11(18)13(12)19/h3-8H,1-2H3. The molecule has 0 fully saturated rings. The molecule has 0 radical (unpaired) electrons. The Bertz CT molecular complexity index is 787. The Hall–Kier alpha value is -2.67. The molecule has 0 aliphatic carbocycles. The number of rotatable bonds is 3. The van der Waals surface area contributed by atoms with E-state index < -0.39 is 23.6 Å². The fraction of sp³-hybridized carbons (Fsp3) is 0.125. The van der Waals surface area contributed by atoms with Gasteiger partial charge in [0.1, 0.15) is 5.70 Å². The van der Waals surface area contributed by atoms with Crippen LogP contribution in [0.15, 0.2) is 47.8 Å². The van der Waals surface area contributed by atoms with Crippen molar-refractivity contribution >= 4 is 29.2 Å². The number of hydrogen-bond donors (Lipinski definition) is 0. The van der Waals surface area contributed by atoms with Crippen LogP contribution in [0, 0.1) is 11.6 Å². The summed E-state index contributed by atoms with van der Waals surface area (Å²) < 4.78 is 37.2. The zero-order chi connectivity index (χ0) is 17.9. The van der Waals surface area contributed by atoms with Gasteiger partial charge in [-0.25, -0.2) is 18.4 Å². The number of methoxy groups -OCH3 is 2. The number of anilines is 1. The minimum absolute atomic E-state index is 0.0849. The van der Waals surface area contributed by atoms with Gasteiger partial charge in [-0.3, -0.25) is 0 Å². The summed E-state index contributed by atoms with van der Waals surface area (Å²) in [6.07, 6.45) is 5.44. The lowest BCUT2D eigenvalue weighted by Crippen LogP contribution is -2.27. The number of nitrogens with zero attached hydrogens (tertiary/aromatic N) is 1. The molecule has 0 N–H and O–H groups in total. The normalized spacial score (nSPS) is 13.8. The molecule has 24 heavy (non-hydrogen) atoms. The average molecular weight is 356 g/mol. The first kappa shape index (κ1) is 17.7. The summed E-state index contributed by atoms with van der Waals surface area (Å²) in [4.78, 5) is 25.1. The number of carbonyl (C=O) groups is 2. The molecule has 0 saturated carbocycles. The zero-order valence-electron chi connectivity index (χ0n) is 12.7. The number of esters is 2. The van der Waals surface area contributed by atoms with Gasteiger partial charge in [0.2, 0.25) is 0 Å². The van der Waals surface area contributed by atoms with Crippen LogP contribution < -0.4 is 4.90 Å². The molecular formula is C16H12ClF2NO4. The quantitative estimate of drug-likeness (QED) is 0.616. The van der Waals surface area contributed by atoms with E-state index in [2.05, 4.69) is 9.47 Å². The largest absolute Gasteiger partial charge is 0.465 e. The molecule has 0 aromatic heterocycles. The van der Waals surface area contributed by atoms with Gasteiger partial charge in [-0.15, -0.1) is 0 Å². The van der Waals surface area contributed by atoms with Crippen molar-refractivity contribution in [3.63, 3.8) is 0 Å². The van der Waals surface area contributed by atoms with Gasteiger partial charge in [-0.1, -0.05) is 17.7 Å². The van der Waals surface area contributed by atoms with Crippen molar-refractivity contribution in [2.24, 2.45) is 0 Å². The number of benzene rings is 1. The Balaban J connectivity index is 2.75. The van der Waals surface area contributed by atoms with Gasteiger partial charge in [0.05, 0.1) is 25.5 Å². The highest BCUT2D eigenvalue weighted by Gasteiger charge is 2.29.